The summed E-state index contributed by atoms with van der Waals surface area (Å²) in [4.78, 5) is 25.0. The molecule has 2 saturated heterocycles. The molecule has 0 aromatic carbocycles. The van der Waals surface area contributed by atoms with E-state index >= 15 is 0 Å². The van der Waals surface area contributed by atoms with Crippen LogP contribution in [0.4, 0.5) is 4.79 Å². The Morgan fingerprint density at radius 2 is 2.11 bits per heavy atom. The number of hydrogen-bond acceptors (Lipinski definition) is 3. The fourth-order valence-corrected chi connectivity index (χ4v) is 2.79. The van der Waals surface area contributed by atoms with E-state index in [4.69, 9.17) is 9.84 Å². The largest absolute Gasteiger partial charge is 0.481 e. The smallest absolute Gasteiger partial charge is 0.317 e. The highest BCUT2D eigenvalue weighted by Gasteiger charge is 2.37. The SMILES string of the molecule is CC1(C)CCCN(C(=O)NC2COCC2C(=O)O)C1. The lowest BCUT2D eigenvalue weighted by molar-refractivity contribution is -0.142. The van der Waals surface area contributed by atoms with E-state index in [1.165, 1.54) is 0 Å². The second-order valence-corrected chi connectivity index (χ2v) is 6.23. The first kappa shape index (κ1) is 14.1. The van der Waals surface area contributed by atoms with Gasteiger partial charge in [0.15, 0.2) is 0 Å². The minimum atomic E-state index is -0.915. The number of hydrogen-bond donors (Lipinski definition) is 2. The number of carboxylic acids is 1. The molecule has 108 valence electrons. The molecule has 2 aliphatic heterocycles. The van der Waals surface area contributed by atoms with Gasteiger partial charge in [-0.2, -0.15) is 0 Å². The summed E-state index contributed by atoms with van der Waals surface area (Å²) in [5, 5.41) is 11.8. The van der Waals surface area contributed by atoms with Gasteiger partial charge in [0.25, 0.3) is 0 Å². The summed E-state index contributed by atoms with van der Waals surface area (Å²) in [5.74, 6) is -1.55. The molecule has 0 saturated carbocycles. The van der Waals surface area contributed by atoms with Crippen molar-refractivity contribution in [2.75, 3.05) is 26.3 Å². The van der Waals surface area contributed by atoms with Gasteiger partial charge in [0.1, 0.15) is 5.92 Å². The second kappa shape index (κ2) is 5.36. The van der Waals surface area contributed by atoms with Gasteiger partial charge in [-0.1, -0.05) is 13.8 Å². The van der Waals surface area contributed by atoms with Crippen LogP contribution in [0, 0.1) is 11.3 Å². The highest BCUT2D eigenvalue weighted by molar-refractivity contribution is 5.77. The Labute approximate surface area is 113 Å². The molecule has 2 atom stereocenters. The average Bonchev–Trinajstić information content (AvgIpc) is 2.75. The van der Waals surface area contributed by atoms with Crippen LogP contribution in [0.25, 0.3) is 0 Å². The number of ether oxygens (including phenoxy) is 1. The molecule has 19 heavy (non-hydrogen) atoms. The summed E-state index contributed by atoms with van der Waals surface area (Å²) in [5.41, 5.74) is 0.133. The first-order valence-electron chi connectivity index (χ1n) is 6.75. The predicted molar refractivity (Wildman–Crippen MR) is 68.9 cm³/mol. The van der Waals surface area contributed by atoms with Crippen LogP contribution in [-0.2, 0) is 9.53 Å². The lowest BCUT2D eigenvalue weighted by Crippen LogP contribution is -2.52. The van der Waals surface area contributed by atoms with Crippen molar-refractivity contribution >= 4 is 12.0 Å². The number of likely N-dealkylation sites (tertiary alicyclic amines) is 1. The van der Waals surface area contributed by atoms with Crippen molar-refractivity contribution in [1.82, 2.24) is 10.2 Å². The number of carboxylic acid groups (broad SMARTS) is 1. The van der Waals surface area contributed by atoms with Crippen LogP contribution in [0.3, 0.4) is 0 Å². The lowest BCUT2D eigenvalue weighted by atomic mass is 9.84. The zero-order valence-corrected chi connectivity index (χ0v) is 11.5. The van der Waals surface area contributed by atoms with Crippen LogP contribution in [-0.4, -0.2) is 54.4 Å². The molecule has 0 aromatic heterocycles. The maximum atomic E-state index is 12.2. The van der Waals surface area contributed by atoms with Gasteiger partial charge in [-0.05, 0) is 18.3 Å². The lowest BCUT2D eigenvalue weighted by Gasteiger charge is -2.38. The Kier molecular flexibility index (Phi) is 3.99. The monoisotopic (exact) mass is 270 g/mol. The molecule has 2 N–H and O–H groups in total. The first-order valence-corrected chi connectivity index (χ1v) is 6.75. The number of carbonyl (C=O) groups is 2. The molecule has 6 nitrogen and oxygen atoms in total. The Bertz CT molecular complexity index is 370. The molecule has 2 heterocycles. The topological polar surface area (TPSA) is 78.9 Å². The highest BCUT2D eigenvalue weighted by atomic mass is 16.5. The van der Waals surface area contributed by atoms with Crippen LogP contribution in [0.15, 0.2) is 0 Å². The summed E-state index contributed by atoms with van der Waals surface area (Å²) in [6, 6.07) is -0.593. The van der Waals surface area contributed by atoms with Crippen molar-refractivity contribution in [3.63, 3.8) is 0 Å². The summed E-state index contributed by atoms with van der Waals surface area (Å²) < 4.78 is 5.15. The van der Waals surface area contributed by atoms with Gasteiger partial charge < -0.3 is 20.1 Å². The number of nitrogens with zero attached hydrogens (tertiary/aromatic N) is 1. The molecule has 0 bridgehead atoms. The van der Waals surface area contributed by atoms with Crippen LogP contribution in [0.1, 0.15) is 26.7 Å². The van der Waals surface area contributed by atoms with Crippen molar-refractivity contribution in [2.45, 2.75) is 32.7 Å². The van der Waals surface area contributed by atoms with Crippen molar-refractivity contribution in [3.8, 4) is 0 Å². The Balaban J connectivity index is 1.92. The maximum Gasteiger partial charge on any atom is 0.317 e. The van der Waals surface area contributed by atoms with E-state index in [9.17, 15) is 9.59 Å². The van der Waals surface area contributed by atoms with Gasteiger partial charge in [0.2, 0.25) is 0 Å². The third-order valence-electron chi connectivity index (χ3n) is 3.89. The normalized spacial score (nSPS) is 30.1. The van der Waals surface area contributed by atoms with E-state index in [0.717, 1.165) is 19.4 Å². The first-order chi connectivity index (χ1) is 8.89. The number of amides is 2. The molecule has 0 aromatic rings. The van der Waals surface area contributed by atoms with E-state index in [-0.39, 0.29) is 24.7 Å². The van der Waals surface area contributed by atoms with E-state index in [1.54, 1.807) is 4.90 Å². The fraction of sp³-hybridized carbons (Fsp3) is 0.846. The molecule has 2 unspecified atom stereocenters. The standard InChI is InChI=1S/C13H22N2O4/c1-13(2)4-3-5-15(8-13)12(18)14-10-7-19-6-9(10)11(16)17/h9-10H,3-8H2,1-2H3,(H,14,18)(H,16,17). The van der Waals surface area contributed by atoms with E-state index in [1.807, 2.05) is 0 Å². The molecular weight excluding hydrogens is 248 g/mol. The van der Waals surface area contributed by atoms with Crippen molar-refractivity contribution in [3.05, 3.63) is 0 Å². The molecule has 0 aliphatic carbocycles. The molecule has 6 heteroatoms. The summed E-state index contributed by atoms with van der Waals surface area (Å²) in [7, 11) is 0. The minimum absolute atomic E-state index is 0.133. The van der Waals surface area contributed by atoms with Gasteiger partial charge in [0, 0.05) is 13.1 Å². The highest BCUT2D eigenvalue weighted by Crippen LogP contribution is 2.28. The van der Waals surface area contributed by atoms with Gasteiger partial charge in [-0.15, -0.1) is 0 Å². The van der Waals surface area contributed by atoms with Gasteiger partial charge >= 0.3 is 12.0 Å². The third-order valence-corrected chi connectivity index (χ3v) is 3.89. The number of piperidine rings is 1. The molecule has 2 aliphatic rings. The Morgan fingerprint density at radius 3 is 2.74 bits per heavy atom. The predicted octanol–water partition coefficient (Wildman–Crippen LogP) is 0.918. The molecule has 0 radical (unpaired) electrons. The van der Waals surface area contributed by atoms with Gasteiger partial charge in [0.05, 0.1) is 19.3 Å². The van der Waals surface area contributed by atoms with Crippen molar-refractivity contribution in [1.29, 1.82) is 0 Å². The number of nitrogens with one attached hydrogen (secondary N) is 1. The van der Waals surface area contributed by atoms with Crippen LogP contribution >= 0.6 is 0 Å². The van der Waals surface area contributed by atoms with Gasteiger partial charge in [-0.25, -0.2) is 4.79 Å². The second-order valence-electron chi connectivity index (χ2n) is 6.23. The molecule has 0 spiro atoms. The minimum Gasteiger partial charge on any atom is -0.481 e. The Morgan fingerprint density at radius 1 is 1.37 bits per heavy atom. The molecule has 2 amide bonds. The summed E-state index contributed by atoms with van der Waals surface area (Å²) in [6.07, 6.45) is 2.10. The van der Waals surface area contributed by atoms with E-state index in [0.29, 0.717) is 6.54 Å². The van der Waals surface area contributed by atoms with Crippen LogP contribution in [0.2, 0.25) is 0 Å². The van der Waals surface area contributed by atoms with Crippen LogP contribution < -0.4 is 5.32 Å². The zero-order chi connectivity index (χ0) is 14.0. The van der Waals surface area contributed by atoms with Gasteiger partial charge in [-0.3, -0.25) is 4.79 Å². The fourth-order valence-electron chi connectivity index (χ4n) is 2.79. The van der Waals surface area contributed by atoms with Crippen molar-refractivity contribution in [2.24, 2.45) is 11.3 Å². The van der Waals surface area contributed by atoms with E-state index < -0.39 is 17.9 Å². The number of aliphatic carboxylic acids is 1. The average molecular weight is 270 g/mol. The van der Waals surface area contributed by atoms with Crippen molar-refractivity contribution < 1.29 is 19.4 Å². The zero-order valence-electron chi connectivity index (χ0n) is 11.5. The molecular formula is C13H22N2O4. The number of rotatable bonds is 2. The number of urea groups is 1. The maximum absolute atomic E-state index is 12.2. The quantitative estimate of drug-likeness (QED) is 0.782. The summed E-state index contributed by atoms with van der Waals surface area (Å²) >= 11 is 0. The summed E-state index contributed by atoms with van der Waals surface area (Å²) in [6.45, 7) is 6.19. The Hall–Kier alpha value is -1.30. The van der Waals surface area contributed by atoms with E-state index in [2.05, 4.69) is 19.2 Å². The third kappa shape index (κ3) is 3.37. The molecule has 2 fully saturated rings. The van der Waals surface area contributed by atoms with Crippen LogP contribution in [0.5, 0.6) is 0 Å². The number of carbonyl (C=O) groups excluding carboxylic acids is 1. The molecule has 2 rings (SSSR count).